The predicted molar refractivity (Wildman–Crippen MR) is 58.9 cm³/mol. The largest absolute Gasteiger partial charge is 0.330 e. The third-order valence-corrected chi connectivity index (χ3v) is 3.60. The van der Waals surface area contributed by atoms with E-state index >= 15 is 0 Å². The Bertz CT molecular complexity index is 309. The highest BCUT2D eigenvalue weighted by atomic mass is 79.9. The zero-order valence-corrected chi connectivity index (χ0v) is 9.18. The fraction of sp³-hybridized carbons (Fsp3) is 0.455. The molecule has 1 nitrogen and oxygen atoms in total. The van der Waals surface area contributed by atoms with Crippen LogP contribution in [0.15, 0.2) is 22.7 Å². The van der Waals surface area contributed by atoms with Crippen LogP contribution in [0.2, 0.25) is 0 Å². The van der Waals surface area contributed by atoms with Gasteiger partial charge in [-0.05, 0) is 48.9 Å². The Morgan fingerprint density at radius 1 is 1.46 bits per heavy atom. The third-order valence-electron chi connectivity index (χ3n) is 2.85. The first-order chi connectivity index (χ1) is 6.33. The minimum Gasteiger partial charge on any atom is -0.330 e. The summed E-state index contributed by atoms with van der Waals surface area (Å²) in [6, 6.07) is 6.49. The van der Waals surface area contributed by atoms with Gasteiger partial charge in [0, 0.05) is 4.47 Å². The fourth-order valence-corrected chi connectivity index (χ4v) is 2.78. The smallest absolute Gasteiger partial charge is 0.0210 e. The monoisotopic (exact) mass is 239 g/mol. The zero-order valence-electron chi connectivity index (χ0n) is 7.59. The van der Waals surface area contributed by atoms with Crippen LogP contribution in [-0.2, 0) is 6.42 Å². The van der Waals surface area contributed by atoms with Crippen molar-refractivity contribution in [3.05, 3.63) is 33.8 Å². The molecule has 2 N–H and O–H groups in total. The van der Waals surface area contributed by atoms with Crippen LogP contribution in [0.25, 0.3) is 0 Å². The van der Waals surface area contributed by atoms with Crippen molar-refractivity contribution >= 4 is 15.9 Å². The molecule has 1 aliphatic carbocycles. The van der Waals surface area contributed by atoms with Gasteiger partial charge in [0.2, 0.25) is 0 Å². The Hall–Kier alpha value is -0.340. The van der Waals surface area contributed by atoms with Gasteiger partial charge in [0.15, 0.2) is 0 Å². The summed E-state index contributed by atoms with van der Waals surface area (Å²) >= 11 is 3.59. The first-order valence-corrected chi connectivity index (χ1v) is 5.59. The third kappa shape index (κ3) is 1.65. The molecular formula is C11H14BrN. The van der Waals surface area contributed by atoms with E-state index < -0.39 is 0 Å². The second kappa shape index (κ2) is 3.81. The number of rotatable bonds is 2. The Kier molecular flexibility index (Phi) is 2.70. The SMILES string of the molecule is NCCC1CCc2c(Br)cccc21. The second-order valence-corrected chi connectivity index (χ2v) is 4.47. The van der Waals surface area contributed by atoms with E-state index in [1.165, 1.54) is 28.4 Å². The summed E-state index contributed by atoms with van der Waals surface area (Å²) in [4.78, 5) is 0. The molecule has 1 aromatic rings. The molecule has 0 heterocycles. The number of benzene rings is 1. The van der Waals surface area contributed by atoms with E-state index in [4.69, 9.17) is 5.73 Å². The summed E-state index contributed by atoms with van der Waals surface area (Å²) < 4.78 is 1.27. The fourth-order valence-electron chi connectivity index (χ4n) is 2.20. The van der Waals surface area contributed by atoms with Crippen LogP contribution in [0, 0.1) is 0 Å². The molecule has 0 spiro atoms. The van der Waals surface area contributed by atoms with E-state index in [1.807, 2.05) is 0 Å². The summed E-state index contributed by atoms with van der Waals surface area (Å²) in [5.41, 5.74) is 8.61. The minimum absolute atomic E-state index is 0.706. The van der Waals surface area contributed by atoms with E-state index in [1.54, 1.807) is 0 Å². The molecule has 1 aromatic carbocycles. The van der Waals surface area contributed by atoms with Crippen LogP contribution >= 0.6 is 15.9 Å². The van der Waals surface area contributed by atoms with Gasteiger partial charge in [0.05, 0.1) is 0 Å². The standard InChI is InChI=1S/C11H14BrN/c12-11-3-1-2-9-8(6-7-13)4-5-10(9)11/h1-3,8H,4-7,13H2. The van der Waals surface area contributed by atoms with Gasteiger partial charge in [-0.3, -0.25) is 0 Å². The van der Waals surface area contributed by atoms with Gasteiger partial charge < -0.3 is 5.73 Å². The van der Waals surface area contributed by atoms with Crippen molar-refractivity contribution in [3.63, 3.8) is 0 Å². The zero-order chi connectivity index (χ0) is 9.26. The van der Waals surface area contributed by atoms with Crippen molar-refractivity contribution in [3.8, 4) is 0 Å². The second-order valence-electron chi connectivity index (χ2n) is 3.62. The lowest BCUT2D eigenvalue weighted by Gasteiger charge is -2.09. The van der Waals surface area contributed by atoms with Crippen LogP contribution in [-0.4, -0.2) is 6.54 Å². The molecule has 0 aliphatic heterocycles. The van der Waals surface area contributed by atoms with Gasteiger partial charge >= 0.3 is 0 Å². The van der Waals surface area contributed by atoms with Gasteiger partial charge in [-0.15, -0.1) is 0 Å². The molecule has 0 fully saturated rings. The maximum atomic E-state index is 5.59. The van der Waals surface area contributed by atoms with Crippen molar-refractivity contribution in [2.45, 2.75) is 25.2 Å². The number of hydrogen-bond donors (Lipinski definition) is 1. The van der Waals surface area contributed by atoms with E-state index in [9.17, 15) is 0 Å². The predicted octanol–water partition coefficient (Wildman–Crippen LogP) is 2.83. The molecule has 2 rings (SSSR count). The lowest BCUT2D eigenvalue weighted by Crippen LogP contribution is -2.04. The minimum atomic E-state index is 0.706. The summed E-state index contributed by atoms with van der Waals surface area (Å²) in [7, 11) is 0. The first kappa shape index (κ1) is 9.22. The Morgan fingerprint density at radius 3 is 3.08 bits per heavy atom. The van der Waals surface area contributed by atoms with Gasteiger partial charge in [0.1, 0.15) is 0 Å². The quantitative estimate of drug-likeness (QED) is 0.845. The van der Waals surface area contributed by atoms with E-state index in [-0.39, 0.29) is 0 Å². The number of halogens is 1. The van der Waals surface area contributed by atoms with Crippen LogP contribution in [0.5, 0.6) is 0 Å². The van der Waals surface area contributed by atoms with Gasteiger partial charge in [-0.25, -0.2) is 0 Å². The van der Waals surface area contributed by atoms with Crippen molar-refractivity contribution < 1.29 is 0 Å². The van der Waals surface area contributed by atoms with E-state index in [0.29, 0.717) is 5.92 Å². The molecule has 2 heteroatoms. The molecule has 1 aliphatic rings. The first-order valence-electron chi connectivity index (χ1n) is 4.80. The molecule has 0 saturated carbocycles. The summed E-state index contributed by atoms with van der Waals surface area (Å²) in [6.07, 6.45) is 3.61. The van der Waals surface area contributed by atoms with Crippen LogP contribution in [0.3, 0.4) is 0 Å². The van der Waals surface area contributed by atoms with Crippen molar-refractivity contribution in [2.24, 2.45) is 5.73 Å². The molecule has 0 saturated heterocycles. The highest BCUT2D eigenvalue weighted by Gasteiger charge is 2.22. The number of fused-ring (bicyclic) bond motifs is 1. The Morgan fingerprint density at radius 2 is 2.31 bits per heavy atom. The van der Waals surface area contributed by atoms with Gasteiger partial charge in [-0.2, -0.15) is 0 Å². The van der Waals surface area contributed by atoms with Crippen molar-refractivity contribution in [1.82, 2.24) is 0 Å². The number of nitrogens with two attached hydrogens (primary N) is 1. The van der Waals surface area contributed by atoms with E-state index in [2.05, 4.69) is 34.1 Å². The molecule has 70 valence electrons. The molecule has 0 radical (unpaired) electrons. The average Bonchev–Trinajstić information content (AvgIpc) is 2.51. The molecule has 0 aromatic heterocycles. The summed E-state index contributed by atoms with van der Waals surface area (Å²) in [6.45, 7) is 0.802. The lowest BCUT2D eigenvalue weighted by molar-refractivity contribution is 0.627. The maximum Gasteiger partial charge on any atom is 0.0210 e. The Balaban J connectivity index is 2.32. The van der Waals surface area contributed by atoms with Crippen molar-refractivity contribution in [1.29, 1.82) is 0 Å². The summed E-state index contributed by atoms with van der Waals surface area (Å²) in [5.74, 6) is 0.706. The topological polar surface area (TPSA) is 26.0 Å². The summed E-state index contributed by atoms with van der Waals surface area (Å²) in [5, 5.41) is 0. The number of hydrogen-bond acceptors (Lipinski definition) is 1. The normalized spacial score (nSPS) is 20.3. The highest BCUT2D eigenvalue weighted by molar-refractivity contribution is 9.10. The molecule has 13 heavy (non-hydrogen) atoms. The van der Waals surface area contributed by atoms with Gasteiger partial charge in [0.25, 0.3) is 0 Å². The van der Waals surface area contributed by atoms with Crippen LogP contribution in [0.1, 0.15) is 29.9 Å². The molecule has 0 amide bonds. The van der Waals surface area contributed by atoms with E-state index in [0.717, 1.165) is 13.0 Å². The maximum absolute atomic E-state index is 5.59. The van der Waals surface area contributed by atoms with Crippen LogP contribution < -0.4 is 5.73 Å². The van der Waals surface area contributed by atoms with Crippen molar-refractivity contribution in [2.75, 3.05) is 6.54 Å². The average molecular weight is 240 g/mol. The molecule has 1 unspecified atom stereocenters. The molecular weight excluding hydrogens is 226 g/mol. The molecule has 0 bridgehead atoms. The highest BCUT2D eigenvalue weighted by Crippen LogP contribution is 2.38. The Labute approximate surface area is 87.5 Å². The van der Waals surface area contributed by atoms with Gasteiger partial charge in [-0.1, -0.05) is 28.1 Å². The van der Waals surface area contributed by atoms with Crippen LogP contribution in [0.4, 0.5) is 0 Å². The molecule has 1 atom stereocenters. The lowest BCUT2D eigenvalue weighted by atomic mass is 9.98.